The van der Waals surface area contributed by atoms with Crippen molar-refractivity contribution in [3.8, 4) is 0 Å². The van der Waals surface area contributed by atoms with Crippen LogP contribution in [0.25, 0.3) is 6.08 Å². The van der Waals surface area contributed by atoms with E-state index in [4.69, 9.17) is 9.47 Å². The van der Waals surface area contributed by atoms with E-state index in [9.17, 15) is 9.59 Å². The fourth-order valence-corrected chi connectivity index (χ4v) is 2.65. The molecule has 0 bridgehead atoms. The summed E-state index contributed by atoms with van der Waals surface area (Å²) in [6, 6.07) is 7.97. The third kappa shape index (κ3) is 6.43. The van der Waals surface area contributed by atoms with Crippen LogP contribution in [0.15, 0.2) is 30.3 Å². The Morgan fingerprint density at radius 2 is 1.96 bits per heavy atom. The van der Waals surface area contributed by atoms with Crippen molar-refractivity contribution in [1.82, 2.24) is 4.90 Å². The predicted octanol–water partition coefficient (Wildman–Crippen LogP) is 3.68. The molecule has 1 amide bonds. The number of rotatable bonds is 5. The molecule has 0 radical (unpaired) electrons. The van der Waals surface area contributed by atoms with Crippen LogP contribution in [-0.4, -0.2) is 48.3 Å². The van der Waals surface area contributed by atoms with Crippen LogP contribution in [0.1, 0.15) is 39.7 Å². The number of hydrogen-bond donors (Lipinski definition) is 1. The zero-order valence-corrected chi connectivity index (χ0v) is 16.0. The van der Waals surface area contributed by atoms with Crippen molar-refractivity contribution in [3.63, 3.8) is 0 Å². The fourth-order valence-electron chi connectivity index (χ4n) is 2.65. The predicted molar refractivity (Wildman–Crippen MR) is 102 cm³/mol. The number of esters is 1. The molecule has 1 aromatic rings. The van der Waals surface area contributed by atoms with Gasteiger partial charge in [0.05, 0.1) is 6.61 Å². The van der Waals surface area contributed by atoms with Crippen LogP contribution in [0.2, 0.25) is 0 Å². The molecule has 1 fully saturated rings. The summed E-state index contributed by atoms with van der Waals surface area (Å²) in [5.41, 5.74) is 1.43. The minimum absolute atomic E-state index is 0.198. The lowest BCUT2D eigenvalue weighted by atomic mass is 10.1. The zero-order chi connectivity index (χ0) is 19.2. The number of anilines is 1. The topological polar surface area (TPSA) is 67.9 Å². The number of likely N-dealkylation sites (tertiary alicyclic amines) is 1. The van der Waals surface area contributed by atoms with E-state index in [0.29, 0.717) is 19.7 Å². The molecule has 2 rings (SSSR count). The Morgan fingerprint density at radius 3 is 2.58 bits per heavy atom. The maximum absolute atomic E-state index is 12.1. The molecule has 1 aromatic carbocycles. The lowest BCUT2D eigenvalue weighted by Gasteiger charge is -2.24. The van der Waals surface area contributed by atoms with Crippen molar-refractivity contribution in [3.05, 3.63) is 35.9 Å². The number of carbonyl (C=O) groups excluding carboxylic acids is 2. The standard InChI is InChI=1S/C20H28N2O4/c1-5-25-18(23)11-8-15-6-9-16(10-7-15)21-17-12-13-22(14-17)19(24)26-20(2,3)4/h6-11,17,21H,5,12-14H2,1-4H3/b11-8+/t17-/m1/s1. The van der Waals surface area contributed by atoms with Crippen molar-refractivity contribution >= 4 is 23.8 Å². The van der Waals surface area contributed by atoms with Gasteiger partial charge < -0.3 is 19.7 Å². The number of amides is 1. The van der Waals surface area contributed by atoms with E-state index in [1.54, 1.807) is 17.9 Å². The molecule has 0 saturated carbocycles. The van der Waals surface area contributed by atoms with Crippen LogP contribution in [0, 0.1) is 0 Å². The van der Waals surface area contributed by atoms with Crippen LogP contribution >= 0.6 is 0 Å². The SMILES string of the molecule is CCOC(=O)/C=C/c1ccc(N[C@@H]2CCN(C(=O)OC(C)(C)C)C2)cc1. The molecule has 1 saturated heterocycles. The van der Waals surface area contributed by atoms with Gasteiger partial charge in [0.15, 0.2) is 0 Å². The van der Waals surface area contributed by atoms with Crippen LogP contribution in [-0.2, 0) is 14.3 Å². The van der Waals surface area contributed by atoms with E-state index in [0.717, 1.165) is 17.7 Å². The van der Waals surface area contributed by atoms with Gasteiger partial charge in [0, 0.05) is 30.9 Å². The number of nitrogens with one attached hydrogen (secondary N) is 1. The Hall–Kier alpha value is -2.50. The first-order valence-corrected chi connectivity index (χ1v) is 8.96. The molecule has 0 aliphatic carbocycles. The summed E-state index contributed by atoms with van der Waals surface area (Å²) < 4.78 is 10.3. The van der Waals surface area contributed by atoms with E-state index in [2.05, 4.69) is 5.32 Å². The summed E-state index contributed by atoms with van der Waals surface area (Å²) in [4.78, 5) is 25.2. The van der Waals surface area contributed by atoms with E-state index >= 15 is 0 Å². The summed E-state index contributed by atoms with van der Waals surface area (Å²) in [6.45, 7) is 9.07. The van der Waals surface area contributed by atoms with Crippen LogP contribution in [0.3, 0.4) is 0 Å². The highest BCUT2D eigenvalue weighted by Gasteiger charge is 2.29. The molecule has 1 N–H and O–H groups in total. The molecule has 1 aliphatic heterocycles. The van der Waals surface area contributed by atoms with E-state index < -0.39 is 5.60 Å². The minimum atomic E-state index is -0.477. The lowest BCUT2D eigenvalue weighted by Crippen LogP contribution is -2.36. The van der Waals surface area contributed by atoms with E-state index in [1.807, 2.05) is 45.0 Å². The van der Waals surface area contributed by atoms with Crippen molar-refractivity contribution in [2.75, 3.05) is 25.0 Å². The van der Waals surface area contributed by atoms with Gasteiger partial charge in [0.1, 0.15) is 5.60 Å². The van der Waals surface area contributed by atoms with Gasteiger partial charge in [-0.05, 0) is 57.9 Å². The Kier molecular flexibility index (Phi) is 6.66. The smallest absolute Gasteiger partial charge is 0.410 e. The van der Waals surface area contributed by atoms with E-state index in [1.165, 1.54) is 6.08 Å². The Balaban J connectivity index is 1.84. The van der Waals surface area contributed by atoms with Gasteiger partial charge in [0.2, 0.25) is 0 Å². The second-order valence-electron chi connectivity index (χ2n) is 7.26. The molecule has 1 atom stereocenters. The third-order valence-corrected chi connectivity index (χ3v) is 3.82. The maximum Gasteiger partial charge on any atom is 0.410 e. The van der Waals surface area contributed by atoms with Gasteiger partial charge in [-0.1, -0.05) is 12.1 Å². The average molecular weight is 360 g/mol. The van der Waals surface area contributed by atoms with Gasteiger partial charge in [-0.25, -0.2) is 9.59 Å². The van der Waals surface area contributed by atoms with Crippen LogP contribution in [0.4, 0.5) is 10.5 Å². The van der Waals surface area contributed by atoms with Crippen molar-refractivity contribution in [2.45, 2.75) is 45.8 Å². The second kappa shape index (κ2) is 8.74. The average Bonchev–Trinajstić information content (AvgIpc) is 3.02. The second-order valence-corrected chi connectivity index (χ2v) is 7.26. The summed E-state index contributed by atoms with van der Waals surface area (Å²) >= 11 is 0. The Morgan fingerprint density at radius 1 is 1.27 bits per heavy atom. The van der Waals surface area contributed by atoms with Crippen LogP contribution < -0.4 is 5.32 Å². The molecule has 0 unspecified atom stereocenters. The molecule has 6 nitrogen and oxygen atoms in total. The molecular formula is C20H28N2O4. The number of hydrogen-bond acceptors (Lipinski definition) is 5. The first-order chi connectivity index (χ1) is 12.3. The molecule has 6 heteroatoms. The molecule has 0 aromatic heterocycles. The molecule has 142 valence electrons. The number of carbonyl (C=O) groups is 2. The highest BCUT2D eigenvalue weighted by molar-refractivity contribution is 5.87. The van der Waals surface area contributed by atoms with E-state index in [-0.39, 0.29) is 18.1 Å². The molecule has 26 heavy (non-hydrogen) atoms. The van der Waals surface area contributed by atoms with Crippen LogP contribution in [0.5, 0.6) is 0 Å². The first kappa shape index (κ1) is 19.8. The number of ether oxygens (including phenoxy) is 2. The maximum atomic E-state index is 12.1. The minimum Gasteiger partial charge on any atom is -0.463 e. The van der Waals surface area contributed by atoms with Gasteiger partial charge in [-0.3, -0.25) is 0 Å². The van der Waals surface area contributed by atoms with Gasteiger partial charge in [0.25, 0.3) is 0 Å². The van der Waals surface area contributed by atoms with Crippen molar-refractivity contribution in [2.24, 2.45) is 0 Å². The number of nitrogens with zero attached hydrogens (tertiary/aromatic N) is 1. The largest absolute Gasteiger partial charge is 0.463 e. The summed E-state index contributed by atoms with van der Waals surface area (Å²) in [6.07, 6.45) is 3.76. The summed E-state index contributed by atoms with van der Waals surface area (Å²) in [5.74, 6) is -0.345. The normalized spacial score (nSPS) is 17.4. The molecule has 1 aliphatic rings. The third-order valence-electron chi connectivity index (χ3n) is 3.82. The summed E-state index contributed by atoms with van der Waals surface area (Å²) in [5, 5.41) is 3.44. The quantitative estimate of drug-likeness (QED) is 0.641. The highest BCUT2D eigenvalue weighted by Crippen LogP contribution is 2.19. The van der Waals surface area contributed by atoms with Gasteiger partial charge in [-0.15, -0.1) is 0 Å². The van der Waals surface area contributed by atoms with Gasteiger partial charge in [-0.2, -0.15) is 0 Å². The molecule has 1 heterocycles. The fraction of sp³-hybridized carbons (Fsp3) is 0.500. The lowest BCUT2D eigenvalue weighted by molar-refractivity contribution is -0.137. The number of benzene rings is 1. The van der Waals surface area contributed by atoms with Crippen molar-refractivity contribution < 1.29 is 19.1 Å². The zero-order valence-electron chi connectivity index (χ0n) is 16.0. The highest BCUT2D eigenvalue weighted by atomic mass is 16.6. The summed E-state index contributed by atoms with van der Waals surface area (Å²) in [7, 11) is 0. The van der Waals surface area contributed by atoms with Gasteiger partial charge >= 0.3 is 12.1 Å². The molecular weight excluding hydrogens is 332 g/mol. The van der Waals surface area contributed by atoms with Crippen molar-refractivity contribution in [1.29, 1.82) is 0 Å². The Bertz CT molecular complexity index is 647. The first-order valence-electron chi connectivity index (χ1n) is 8.96. The molecule has 0 spiro atoms. The monoisotopic (exact) mass is 360 g/mol. The Labute approximate surface area is 155 Å².